The Morgan fingerprint density at radius 3 is 2.48 bits per heavy atom. The van der Waals surface area contributed by atoms with Gasteiger partial charge in [0.15, 0.2) is 0 Å². The number of benzene rings is 2. The Hall–Kier alpha value is -2.94. The number of nitrogens with one attached hydrogen (secondary N) is 1. The van der Waals surface area contributed by atoms with Crippen molar-refractivity contribution >= 4 is 27.9 Å². The first-order valence-electron chi connectivity index (χ1n) is 9.80. The second-order valence-electron chi connectivity index (χ2n) is 7.94. The molecule has 0 saturated carbocycles. The lowest BCUT2D eigenvalue weighted by Crippen LogP contribution is -2.42. The van der Waals surface area contributed by atoms with Crippen LogP contribution in [0.1, 0.15) is 18.1 Å². The first kappa shape index (κ1) is 21.3. The standard InChI is InChI=1S/C22H25F2N5OS/c1-22(23,24)14-7-10-18-16(11-14)27-21(29(18)3)19-20(25)28(2)12-17(26-19)13-5-8-15(9-6-13)31(4)30/h5-11,21,27H,12,25H2,1-4H3. The smallest absolute Gasteiger partial charge is 0.270 e. The molecule has 0 radical (unpaired) electrons. The van der Waals surface area contributed by atoms with E-state index in [0.717, 1.165) is 28.8 Å². The Bertz CT molecular complexity index is 1110. The van der Waals surface area contributed by atoms with Crippen LogP contribution in [0.5, 0.6) is 0 Å². The summed E-state index contributed by atoms with van der Waals surface area (Å²) in [5.74, 6) is -2.40. The number of likely N-dealkylation sites (N-methyl/N-ethyl adjacent to an activating group) is 2. The number of rotatable bonds is 4. The largest absolute Gasteiger partial charge is 0.384 e. The summed E-state index contributed by atoms with van der Waals surface area (Å²) in [6.45, 7) is 1.41. The summed E-state index contributed by atoms with van der Waals surface area (Å²) < 4.78 is 39.2. The van der Waals surface area contributed by atoms with Gasteiger partial charge in [-0.25, -0.2) is 13.8 Å². The molecule has 2 atom stereocenters. The monoisotopic (exact) mass is 445 g/mol. The number of hydrogen-bond donors (Lipinski definition) is 2. The molecule has 0 spiro atoms. The van der Waals surface area contributed by atoms with E-state index in [-0.39, 0.29) is 5.56 Å². The van der Waals surface area contributed by atoms with Crippen LogP contribution < -0.4 is 16.0 Å². The van der Waals surface area contributed by atoms with E-state index in [1.54, 1.807) is 12.3 Å². The maximum atomic E-state index is 13.8. The molecule has 0 bridgehead atoms. The number of halogens is 2. The first-order chi connectivity index (χ1) is 14.6. The minimum absolute atomic E-state index is 0.0481. The third-order valence-electron chi connectivity index (χ3n) is 5.66. The molecular formula is C22H25F2N5OS. The average Bonchev–Trinajstić information content (AvgIpc) is 3.05. The van der Waals surface area contributed by atoms with E-state index in [2.05, 4.69) is 5.32 Å². The fourth-order valence-corrected chi connectivity index (χ4v) is 4.33. The number of anilines is 2. The molecular weight excluding hydrogens is 420 g/mol. The number of hydrogen-bond acceptors (Lipinski definition) is 6. The first-order valence-corrected chi connectivity index (χ1v) is 11.4. The molecule has 4 rings (SSSR count). The summed E-state index contributed by atoms with van der Waals surface area (Å²) in [6, 6.07) is 12.1. The van der Waals surface area contributed by atoms with Crippen LogP contribution in [0.15, 0.2) is 63.9 Å². The van der Waals surface area contributed by atoms with Crippen LogP contribution >= 0.6 is 0 Å². The van der Waals surface area contributed by atoms with Gasteiger partial charge >= 0.3 is 0 Å². The highest BCUT2D eigenvalue weighted by atomic mass is 32.2. The Morgan fingerprint density at radius 1 is 1.19 bits per heavy atom. The van der Waals surface area contributed by atoms with E-state index >= 15 is 0 Å². The van der Waals surface area contributed by atoms with Crippen molar-refractivity contribution in [3.8, 4) is 0 Å². The Kier molecular flexibility index (Phi) is 5.25. The molecule has 0 saturated heterocycles. The second-order valence-corrected chi connectivity index (χ2v) is 9.32. The number of alkyl halides is 2. The lowest BCUT2D eigenvalue weighted by Gasteiger charge is -2.32. The fraction of sp³-hybridized carbons (Fsp3) is 0.318. The molecule has 31 heavy (non-hydrogen) atoms. The predicted molar refractivity (Wildman–Crippen MR) is 121 cm³/mol. The molecule has 0 aromatic heterocycles. The van der Waals surface area contributed by atoms with Crippen molar-refractivity contribution in [2.24, 2.45) is 10.7 Å². The van der Waals surface area contributed by atoms with Crippen molar-refractivity contribution in [2.75, 3.05) is 37.1 Å². The quantitative estimate of drug-likeness (QED) is 0.756. The molecule has 2 aromatic rings. The maximum Gasteiger partial charge on any atom is 0.270 e. The third kappa shape index (κ3) is 3.89. The fourth-order valence-electron chi connectivity index (χ4n) is 3.81. The maximum absolute atomic E-state index is 13.8. The molecule has 0 fully saturated rings. The minimum atomic E-state index is -2.92. The average molecular weight is 446 g/mol. The van der Waals surface area contributed by atoms with Crippen molar-refractivity contribution in [2.45, 2.75) is 23.9 Å². The Labute approximate surface area is 182 Å². The van der Waals surface area contributed by atoms with Gasteiger partial charge < -0.3 is 20.9 Å². The van der Waals surface area contributed by atoms with Gasteiger partial charge in [0.1, 0.15) is 17.7 Å². The molecule has 2 heterocycles. The van der Waals surface area contributed by atoms with Crippen LogP contribution in [0.3, 0.4) is 0 Å². The van der Waals surface area contributed by atoms with Crippen molar-refractivity contribution in [1.29, 1.82) is 0 Å². The molecule has 2 aliphatic heterocycles. The molecule has 6 nitrogen and oxygen atoms in total. The molecule has 9 heteroatoms. The number of aliphatic imine (C=N–C) groups is 1. The lowest BCUT2D eigenvalue weighted by atomic mass is 10.1. The third-order valence-corrected chi connectivity index (χ3v) is 6.59. The summed E-state index contributed by atoms with van der Waals surface area (Å²) in [5.41, 5.74) is 10.1. The van der Waals surface area contributed by atoms with Gasteiger partial charge in [0.05, 0.1) is 23.6 Å². The van der Waals surface area contributed by atoms with Gasteiger partial charge in [-0.2, -0.15) is 0 Å². The normalized spacial score (nSPS) is 19.8. The number of nitrogens with zero attached hydrogens (tertiary/aromatic N) is 3. The van der Waals surface area contributed by atoms with Crippen molar-refractivity contribution < 1.29 is 13.0 Å². The van der Waals surface area contributed by atoms with Gasteiger partial charge in [0, 0.05) is 48.5 Å². The topological polar surface area (TPSA) is 74.0 Å². The van der Waals surface area contributed by atoms with E-state index in [9.17, 15) is 13.0 Å². The van der Waals surface area contributed by atoms with Crippen LogP contribution in [0.2, 0.25) is 0 Å². The van der Waals surface area contributed by atoms with Gasteiger partial charge in [0.25, 0.3) is 5.92 Å². The highest BCUT2D eigenvalue weighted by Gasteiger charge is 2.35. The zero-order chi connectivity index (χ0) is 22.5. The van der Waals surface area contributed by atoms with Crippen LogP contribution in [-0.2, 0) is 16.7 Å². The van der Waals surface area contributed by atoms with Gasteiger partial charge in [0.2, 0.25) is 0 Å². The molecule has 2 unspecified atom stereocenters. The SMILES string of the molecule is CN1CC(c2ccc(S(C)=O)cc2)=NC(C2Nc3cc(C(C)(F)F)ccc3N2C)=C1N. The lowest BCUT2D eigenvalue weighted by molar-refractivity contribution is 0.0175. The van der Waals surface area contributed by atoms with Gasteiger partial charge in [-0.1, -0.05) is 18.2 Å². The molecule has 0 aliphatic carbocycles. The highest BCUT2D eigenvalue weighted by Crippen LogP contribution is 2.40. The van der Waals surface area contributed by atoms with Gasteiger partial charge in [-0.3, -0.25) is 4.21 Å². The zero-order valence-electron chi connectivity index (χ0n) is 17.8. The van der Waals surface area contributed by atoms with E-state index in [1.807, 2.05) is 48.2 Å². The summed E-state index contributed by atoms with van der Waals surface area (Å²) in [4.78, 5) is 9.45. The molecule has 2 aliphatic rings. The highest BCUT2D eigenvalue weighted by molar-refractivity contribution is 7.84. The molecule has 0 amide bonds. The molecule has 3 N–H and O–H groups in total. The molecule has 2 aromatic carbocycles. The zero-order valence-corrected chi connectivity index (χ0v) is 18.6. The van der Waals surface area contributed by atoms with E-state index in [0.29, 0.717) is 23.8 Å². The number of fused-ring (bicyclic) bond motifs is 1. The van der Waals surface area contributed by atoms with Crippen LogP contribution in [0.25, 0.3) is 0 Å². The van der Waals surface area contributed by atoms with Crippen LogP contribution in [-0.4, -0.2) is 47.9 Å². The summed E-state index contributed by atoms with van der Waals surface area (Å²) in [6.07, 6.45) is 1.25. The van der Waals surface area contributed by atoms with Gasteiger partial charge in [-0.05, 0) is 29.8 Å². The number of nitrogens with two attached hydrogens (primary N) is 1. The summed E-state index contributed by atoms with van der Waals surface area (Å²) >= 11 is 0. The molecule has 164 valence electrons. The van der Waals surface area contributed by atoms with Crippen molar-refractivity contribution in [1.82, 2.24) is 4.90 Å². The van der Waals surface area contributed by atoms with Crippen molar-refractivity contribution in [3.05, 3.63) is 65.1 Å². The van der Waals surface area contributed by atoms with E-state index < -0.39 is 22.9 Å². The second kappa shape index (κ2) is 7.64. The Morgan fingerprint density at radius 2 is 1.87 bits per heavy atom. The minimum Gasteiger partial charge on any atom is -0.384 e. The predicted octanol–water partition coefficient (Wildman–Crippen LogP) is 3.29. The van der Waals surface area contributed by atoms with Crippen molar-refractivity contribution in [3.63, 3.8) is 0 Å². The van der Waals surface area contributed by atoms with Gasteiger partial charge in [-0.15, -0.1) is 0 Å². The van der Waals surface area contributed by atoms with E-state index in [1.165, 1.54) is 12.1 Å². The summed E-state index contributed by atoms with van der Waals surface area (Å²) in [7, 11) is 2.71. The summed E-state index contributed by atoms with van der Waals surface area (Å²) in [5, 5.41) is 3.29. The van der Waals surface area contributed by atoms with E-state index in [4.69, 9.17) is 10.7 Å². The van der Waals surface area contributed by atoms with Crippen LogP contribution in [0.4, 0.5) is 20.2 Å². The van der Waals surface area contributed by atoms with Crippen LogP contribution in [0, 0.1) is 0 Å². The Balaban J connectivity index is 1.68.